The zero-order valence-electron chi connectivity index (χ0n) is 13.1. The van der Waals surface area contributed by atoms with Crippen molar-refractivity contribution >= 4 is 11.6 Å². The minimum absolute atomic E-state index is 0.103. The van der Waals surface area contributed by atoms with Crippen LogP contribution in [0.15, 0.2) is 52.0 Å². The molecular weight excluding hydrogens is 312 g/mol. The number of rotatable bonds is 8. The molecule has 3 heterocycles. The van der Waals surface area contributed by atoms with Gasteiger partial charge in [-0.2, -0.15) is 0 Å². The van der Waals surface area contributed by atoms with Gasteiger partial charge < -0.3 is 14.5 Å². The van der Waals surface area contributed by atoms with Gasteiger partial charge in [0, 0.05) is 19.3 Å². The highest BCUT2D eigenvalue weighted by Gasteiger charge is 2.09. The van der Waals surface area contributed by atoms with Crippen LogP contribution in [-0.4, -0.2) is 33.2 Å². The topological polar surface area (TPSA) is 90.8 Å². The van der Waals surface area contributed by atoms with Crippen molar-refractivity contribution in [3.63, 3.8) is 0 Å². The first-order valence-corrected chi connectivity index (χ1v) is 7.65. The largest absolute Gasteiger partial charge is 0.467 e. The SMILES string of the molecule is O=C(Cn1nc2ccccn2c1=O)NCCCOCc1ccco1. The fourth-order valence-electron chi connectivity index (χ4n) is 2.23. The van der Waals surface area contributed by atoms with E-state index in [9.17, 15) is 9.59 Å². The molecule has 8 nitrogen and oxygen atoms in total. The molecule has 0 radical (unpaired) electrons. The lowest BCUT2D eigenvalue weighted by Gasteiger charge is -2.05. The van der Waals surface area contributed by atoms with Gasteiger partial charge in [-0.3, -0.25) is 9.20 Å². The number of hydrogen-bond acceptors (Lipinski definition) is 5. The van der Waals surface area contributed by atoms with Crippen LogP contribution in [0.1, 0.15) is 12.2 Å². The van der Waals surface area contributed by atoms with Crippen LogP contribution < -0.4 is 11.0 Å². The van der Waals surface area contributed by atoms with Gasteiger partial charge in [-0.1, -0.05) is 6.07 Å². The van der Waals surface area contributed by atoms with Crippen molar-refractivity contribution in [2.45, 2.75) is 19.6 Å². The fraction of sp³-hybridized carbons (Fsp3) is 0.312. The van der Waals surface area contributed by atoms with Crippen molar-refractivity contribution in [1.82, 2.24) is 19.5 Å². The Morgan fingerprint density at radius 1 is 1.29 bits per heavy atom. The molecule has 0 unspecified atom stereocenters. The van der Waals surface area contributed by atoms with Gasteiger partial charge in [0.05, 0.1) is 6.26 Å². The number of carbonyl (C=O) groups excluding carboxylic acids is 1. The van der Waals surface area contributed by atoms with Gasteiger partial charge in [-0.15, -0.1) is 5.10 Å². The number of pyridine rings is 1. The summed E-state index contributed by atoms with van der Waals surface area (Å²) in [5.41, 5.74) is 0.184. The predicted octanol–water partition coefficient (Wildman–Crippen LogP) is 0.812. The molecule has 0 fully saturated rings. The van der Waals surface area contributed by atoms with Crippen LogP contribution >= 0.6 is 0 Å². The molecule has 3 rings (SSSR count). The van der Waals surface area contributed by atoms with Gasteiger partial charge in [0.1, 0.15) is 18.9 Å². The van der Waals surface area contributed by atoms with Crippen molar-refractivity contribution in [3.8, 4) is 0 Å². The molecule has 8 heteroatoms. The standard InChI is InChI=1S/C16H18N4O4/c21-15(17-7-4-9-23-12-13-5-3-10-24-13)11-20-16(22)19-8-2-1-6-14(19)18-20/h1-3,5-6,8,10H,4,7,9,11-12H2,(H,17,21). The summed E-state index contributed by atoms with van der Waals surface area (Å²) >= 11 is 0. The van der Waals surface area contributed by atoms with E-state index in [0.717, 1.165) is 10.4 Å². The van der Waals surface area contributed by atoms with Gasteiger partial charge in [-0.05, 0) is 30.7 Å². The number of amides is 1. The molecule has 1 N–H and O–H groups in total. The van der Waals surface area contributed by atoms with Crippen LogP contribution in [-0.2, 0) is 22.7 Å². The van der Waals surface area contributed by atoms with E-state index in [4.69, 9.17) is 9.15 Å². The lowest BCUT2D eigenvalue weighted by molar-refractivity contribution is -0.121. The van der Waals surface area contributed by atoms with E-state index < -0.39 is 0 Å². The van der Waals surface area contributed by atoms with Crippen molar-refractivity contribution < 1.29 is 13.9 Å². The second-order valence-corrected chi connectivity index (χ2v) is 5.20. The number of nitrogens with zero attached hydrogens (tertiary/aromatic N) is 3. The Morgan fingerprint density at radius 3 is 3.00 bits per heavy atom. The molecule has 24 heavy (non-hydrogen) atoms. The van der Waals surface area contributed by atoms with Crippen LogP contribution in [0.3, 0.4) is 0 Å². The van der Waals surface area contributed by atoms with E-state index in [-0.39, 0.29) is 18.1 Å². The number of ether oxygens (including phenoxy) is 1. The quantitative estimate of drug-likeness (QED) is 0.617. The number of furan rings is 1. The third kappa shape index (κ3) is 3.90. The minimum Gasteiger partial charge on any atom is -0.467 e. The Labute approximate surface area is 137 Å². The number of aromatic nitrogens is 3. The van der Waals surface area contributed by atoms with E-state index in [1.807, 2.05) is 6.07 Å². The Bertz CT molecular complexity index is 850. The van der Waals surface area contributed by atoms with E-state index in [0.29, 0.717) is 31.8 Å². The maximum absolute atomic E-state index is 12.0. The third-order valence-corrected chi connectivity index (χ3v) is 3.39. The number of hydrogen-bond donors (Lipinski definition) is 1. The van der Waals surface area contributed by atoms with Gasteiger partial charge >= 0.3 is 5.69 Å². The summed E-state index contributed by atoms with van der Waals surface area (Å²) in [7, 11) is 0. The van der Waals surface area contributed by atoms with E-state index in [1.54, 1.807) is 36.7 Å². The predicted molar refractivity (Wildman–Crippen MR) is 85.4 cm³/mol. The summed E-state index contributed by atoms with van der Waals surface area (Å²) < 4.78 is 13.1. The highest BCUT2D eigenvalue weighted by atomic mass is 16.5. The zero-order chi connectivity index (χ0) is 16.8. The van der Waals surface area contributed by atoms with Gasteiger partial charge in [0.15, 0.2) is 5.65 Å². The lowest BCUT2D eigenvalue weighted by Crippen LogP contribution is -2.33. The smallest absolute Gasteiger partial charge is 0.350 e. The van der Waals surface area contributed by atoms with Gasteiger partial charge in [0.25, 0.3) is 0 Å². The number of carbonyl (C=O) groups is 1. The Kier molecular flexibility index (Phi) is 5.07. The van der Waals surface area contributed by atoms with Crippen LogP contribution in [0.5, 0.6) is 0 Å². The molecule has 0 saturated carbocycles. The summed E-state index contributed by atoms with van der Waals surface area (Å²) in [6.07, 6.45) is 3.89. The molecule has 0 aliphatic carbocycles. The number of nitrogens with one attached hydrogen (secondary N) is 1. The minimum atomic E-state index is -0.331. The molecule has 126 valence electrons. The first kappa shape index (κ1) is 16.0. The van der Waals surface area contributed by atoms with Crippen molar-refractivity contribution in [3.05, 3.63) is 59.0 Å². The van der Waals surface area contributed by atoms with E-state index in [1.165, 1.54) is 4.40 Å². The molecule has 0 bridgehead atoms. The summed E-state index contributed by atoms with van der Waals surface area (Å²) in [5.74, 6) is 0.511. The molecule has 0 aliphatic heterocycles. The second-order valence-electron chi connectivity index (χ2n) is 5.20. The van der Waals surface area contributed by atoms with Gasteiger partial charge in [0.2, 0.25) is 5.91 Å². The molecular formula is C16H18N4O4. The molecule has 0 atom stereocenters. The van der Waals surface area contributed by atoms with E-state index in [2.05, 4.69) is 10.4 Å². The fourth-order valence-corrected chi connectivity index (χ4v) is 2.23. The first-order chi connectivity index (χ1) is 11.7. The summed E-state index contributed by atoms with van der Waals surface area (Å²) in [4.78, 5) is 23.9. The summed E-state index contributed by atoms with van der Waals surface area (Å²) in [6.45, 7) is 1.29. The monoisotopic (exact) mass is 330 g/mol. The van der Waals surface area contributed by atoms with Crippen molar-refractivity contribution in [2.75, 3.05) is 13.2 Å². The third-order valence-electron chi connectivity index (χ3n) is 3.39. The average molecular weight is 330 g/mol. The molecule has 3 aromatic rings. The highest BCUT2D eigenvalue weighted by Crippen LogP contribution is 2.01. The van der Waals surface area contributed by atoms with E-state index >= 15 is 0 Å². The lowest BCUT2D eigenvalue weighted by atomic mass is 10.4. The van der Waals surface area contributed by atoms with Gasteiger partial charge in [-0.25, -0.2) is 9.48 Å². The van der Waals surface area contributed by atoms with Crippen LogP contribution in [0.25, 0.3) is 5.65 Å². The second kappa shape index (κ2) is 7.60. The van der Waals surface area contributed by atoms with Crippen LogP contribution in [0, 0.1) is 0 Å². The maximum atomic E-state index is 12.0. The number of fused-ring (bicyclic) bond motifs is 1. The normalized spacial score (nSPS) is 11.0. The van der Waals surface area contributed by atoms with Crippen LogP contribution in [0.2, 0.25) is 0 Å². The molecule has 1 amide bonds. The Balaban J connectivity index is 1.39. The molecule has 0 aromatic carbocycles. The molecule has 0 spiro atoms. The zero-order valence-corrected chi connectivity index (χ0v) is 13.1. The molecule has 0 saturated heterocycles. The summed E-state index contributed by atoms with van der Waals surface area (Å²) in [6, 6.07) is 8.89. The maximum Gasteiger partial charge on any atom is 0.350 e. The molecule has 0 aliphatic rings. The van der Waals surface area contributed by atoms with Crippen LogP contribution in [0.4, 0.5) is 0 Å². The highest BCUT2D eigenvalue weighted by molar-refractivity contribution is 5.75. The van der Waals surface area contributed by atoms with Crippen molar-refractivity contribution in [2.24, 2.45) is 0 Å². The average Bonchev–Trinajstić information content (AvgIpc) is 3.20. The molecule has 3 aromatic heterocycles. The van der Waals surface area contributed by atoms with Crippen molar-refractivity contribution in [1.29, 1.82) is 0 Å². The Hall–Kier alpha value is -2.87. The Morgan fingerprint density at radius 2 is 2.21 bits per heavy atom. The summed E-state index contributed by atoms with van der Waals surface area (Å²) in [5, 5.41) is 6.85. The first-order valence-electron chi connectivity index (χ1n) is 7.65.